The van der Waals surface area contributed by atoms with Gasteiger partial charge >= 0.3 is 0 Å². The summed E-state index contributed by atoms with van der Waals surface area (Å²) in [6.45, 7) is 4.86. The number of aliphatic hydroxyl groups excluding tert-OH is 1. The zero-order valence-corrected chi connectivity index (χ0v) is 16.2. The fourth-order valence-corrected chi connectivity index (χ4v) is 8.30. The number of halogens is 1. The van der Waals surface area contributed by atoms with Crippen molar-refractivity contribution in [1.82, 2.24) is 0 Å². The molecule has 2 nitrogen and oxygen atoms in total. The predicted molar refractivity (Wildman–Crippen MR) is 97.0 cm³/mol. The molecular formula is C19H31IO2. The molecule has 0 heterocycles. The van der Waals surface area contributed by atoms with Gasteiger partial charge in [0.15, 0.2) is 0 Å². The molecule has 0 unspecified atom stereocenters. The van der Waals surface area contributed by atoms with Crippen LogP contribution >= 0.6 is 22.6 Å². The minimum Gasteiger partial charge on any atom is -0.393 e. The molecule has 0 amide bonds. The monoisotopic (exact) mass is 418 g/mol. The third-order valence-electron chi connectivity index (χ3n) is 8.71. The zero-order valence-electron chi connectivity index (χ0n) is 14.0. The Kier molecular flexibility index (Phi) is 3.72. The van der Waals surface area contributed by atoms with Gasteiger partial charge in [0.05, 0.1) is 11.7 Å². The molecule has 4 rings (SSSR count). The van der Waals surface area contributed by atoms with Crippen LogP contribution in [0, 0.1) is 28.6 Å². The molecular weight excluding hydrogens is 387 g/mol. The SMILES string of the molecule is C[C@]12CC[C@H](O)C[C@H]1CC[C@@H]1[C@@H]2CC[C@]2(C)[C@H](I)CC[C@]12O. The zero-order chi connectivity index (χ0) is 15.8. The molecule has 8 atom stereocenters. The topological polar surface area (TPSA) is 40.5 Å². The van der Waals surface area contributed by atoms with E-state index in [4.69, 9.17) is 0 Å². The Balaban J connectivity index is 1.68. The number of aliphatic hydroxyl groups is 2. The van der Waals surface area contributed by atoms with Crippen molar-refractivity contribution in [3.8, 4) is 0 Å². The summed E-state index contributed by atoms with van der Waals surface area (Å²) in [7, 11) is 0. The van der Waals surface area contributed by atoms with Crippen LogP contribution in [0.15, 0.2) is 0 Å². The lowest BCUT2D eigenvalue weighted by Crippen LogP contribution is -2.62. The van der Waals surface area contributed by atoms with Crippen molar-refractivity contribution in [2.45, 2.75) is 87.3 Å². The van der Waals surface area contributed by atoms with Gasteiger partial charge in [-0.1, -0.05) is 36.4 Å². The van der Waals surface area contributed by atoms with Crippen molar-refractivity contribution in [1.29, 1.82) is 0 Å². The van der Waals surface area contributed by atoms with E-state index in [1.165, 1.54) is 38.5 Å². The van der Waals surface area contributed by atoms with Gasteiger partial charge in [-0.3, -0.25) is 0 Å². The Morgan fingerprint density at radius 3 is 2.45 bits per heavy atom. The molecule has 126 valence electrons. The highest BCUT2D eigenvalue weighted by atomic mass is 127. The van der Waals surface area contributed by atoms with Gasteiger partial charge in [-0.05, 0) is 81.0 Å². The van der Waals surface area contributed by atoms with Crippen molar-refractivity contribution in [3.63, 3.8) is 0 Å². The lowest BCUT2D eigenvalue weighted by Gasteiger charge is -2.63. The second-order valence-corrected chi connectivity index (χ2v) is 10.8. The van der Waals surface area contributed by atoms with Crippen LogP contribution in [0.3, 0.4) is 0 Å². The maximum Gasteiger partial charge on any atom is 0.0742 e. The van der Waals surface area contributed by atoms with Crippen molar-refractivity contribution in [3.05, 3.63) is 0 Å². The number of alkyl halides is 1. The number of fused-ring (bicyclic) bond motifs is 5. The highest BCUT2D eigenvalue weighted by molar-refractivity contribution is 14.1. The minimum absolute atomic E-state index is 0.0724. The van der Waals surface area contributed by atoms with E-state index in [1.54, 1.807) is 0 Å². The lowest BCUT2D eigenvalue weighted by atomic mass is 9.44. The van der Waals surface area contributed by atoms with E-state index in [2.05, 4.69) is 36.4 Å². The molecule has 0 aliphatic heterocycles. The highest BCUT2D eigenvalue weighted by Crippen LogP contribution is 2.68. The molecule has 4 saturated carbocycles. The van der Waals surface area contributed by atoms with Crippen LogP contribution in [-0.4, -0.2) is 25.8 Å². The van der Waals surface area contributed by atoms with E-state index in [0.29, 0.717) is 27.1 Å². The predicted octanol–water partition coefficient (Wildman–Crippen LogP) is 4.31. The number of hydrogen-bond acceptors (Lipinski definition) is 2. The van der Waals surface area contributed by atoms with Crippen LogP contribution < -0.4 is 0 Å². The Morgan fingerprint density at radius 1 is 0.909 bits per heavy atom. The second kappa shape index (κ2) is 5.08. The molecule has 2 N–H and O–H groups in total. The standard InChI is InChI=1S/C19H31IO2/c1-17-8-5-13(21)11-12(17)3-4-15-14(17)6-9-18(2)16(20)7-10-19(15,18)22/h12-16,21-22H,3-11H2,1-2H3/t12-,13+,14+,15-,16-,17+,18-,19+/m1/s1. The van der Waals surface area contributed by atoms with Gasteiger partial charge < -0.3 is 10.2 Å². The van der Waals surface area contributed by atoms with E-state index in [-0.39, 0.29) is 11.5 Å². The minimum atomic E-state index is -0.425. The van der Waals surface area contributed by atoms with E-state index < -0.39 is 5.60 Å². The van der Waals surface area contributed by atoms with Gasteiger partial charge in [0.25, 0.3) is 0 Å². The van der Waals surface area contributed by atoms with Crippen LogP contribution in [0.2, 0.25) is 0 Å². The summed E-state index contributed by atoms with van der Waals surface area (Å²) in [4.78, 5) is 0. The average molecular weight is 418 g/mol. The Bertz CT molecular complexity index is 468. The first-order valence-electron chi connectivity index (χ1n) is 9.36. The molecule has 0 aromatic carbocycles. The average Bonchev–Trinajstić information content (AvgIpc) is 2.72. The van der Waals surface area contributed by atoms with E-state index >= 15 is 0 Å². The van der Waals surface area contributed by atoms with E-state index in [9.17, 15) is 10.2 Å². The molecule has 0 radical (unpaired) electrons. The first-order chi connectivity index (χ1) is 10.3. The summed E-state index contributed by atoms with van der Waals surface area (Å²) < 4.78 is 0.634. The molecule has 0 aromatic heterocycles. The normalized spacial score (nSPS) is 61.2. The molecule has 0 bridgehead atoms. The summed E-state index contributed by atoms with van der Waals surface area (Å²) >= 11 is 2.61. The first-order valence-corrected chi connectivity index (χ1v) is 10.6. The first kappa shape index (κ1) is 16.1. The molecule has 22 heavy (non-hydrogen) atoms. The molecule has 4 aliphatic carbocycles. The Hall–Kier alpha value is 0.650. The van der Waals surface area contributed by atoms with Crippen LogP contribution in [0.5, 0.6) is 0 Å². The molecule has 0 aromatic rings. The van der Waals surface area contributed by atoms with Crippen LogP contribution in [0.4, 0.5) is 0 Å². The summed E-state index contributed by atoms with van der Waals surface area (Å²) in [6.07, 6.45) is 10.2. The van der Waals surface area contributed by atoms with Crippen LogP contribution in [0.1, 0.15) is 71.6 Å². The smallest absolute Gasteiger partial charge is 0.0742 e. The number of hydrogen-bond donors (Lipinski definition) is 2. The number of rotatable bonds is 0. The summed E-state index contributed by atoms with van der Waals surface area (Å²) in [5.74, 6) is 1.86. The van der Waals surface area contributed by atoms with Crippen LogP contribution in [-0.2, 0) is 0 Å². The summed E-state index contributed by atoms with van der Waals surface area (Å²) in [6, 6.07) is 0. The quantitative estimate of drug-likeness (QED) is 0.455. The summed E-state index contributed by atoms with van der Waals surface area (Å²) in [5.41, 5.74) is 0.0699. The lowest BCUT2D eigenvalue weighted by molar-refractivity contribution is -0.200. The summed E-state index contributed by atoms with van der Waals surface area (Å²) in [5, 5.41) is 21.8. The molecule has 4 fully saturated rings. The van der Waals surface area contributed by atoms with Gasteiger partial charge in [-0.15, -0.1) is 0 Å². The highest BCUT2D eigenvalue weighted by Gasteiger charge is 2.66. The third-order valence-corrected chi connectivity index (χ3v) is 10.7. The van der Waals surface area contributed by atoms with Crippen LogP contribution in [0.25, 0.3) is 0 Å². The van der Waals surface area contributed by atoms with Gasteiger partial charge in [-0.2, -0.15) is 0 Å². The van der Waals surface area contributed by atoms with Crippen molar-refractivity contribution in [2.75, 3.05) is 0 Å². The molecule has 4 aliphatic rings. The maximum atomic E-state index is 11.7. The Labute approximate surface area is 148 Å². The Morgan fingerprint density at radius 2 is 1.68 bits per heavy atom. The van der Waals surface area contributed by atoms with E-state index in [0.717, 1.165) is 19.3 Å². The van der Waals surface area contributed by atoms with Crippen molar-refractivity contribution < 1.29 is 10.2 Å². The fourth-order valence-electron chi connectivity index (χ4n) is 7.14. The van der Waals surface area contributed by atoms with Gasteiger partial charge in [0.2, 0.25) is 0 Å². The van der Waals surface area contributed by atoms with Gasteiger partial charge in [0.1, 0.15) is 0 Å². The fraction of sp³-hybridized carbons (Fsp3) is 1.00. The van der Waals surface area contributed by atoms with Crippen molar-refractivity contribution >= 4 is 22.6 Å². The molecule has 3 heteroatoms. The maximum absolute atomic E-state index is 11.7. The molecule has 0 saturated heterocycles. The van der Waals surface area contributed by atoms with Crippen molar-refractivity contribution in [2.24, 2.45) is 28.6 Å². The third kappa shape index (κ3) is 1.91. The second-order valence-electron chi connectivity index (χ2n) is 9.31. The largest absolute Gasteiger partial charge is 0.393 e. The molecule has 0 spiro atoms. The van der Waals surface area contributed by atoms with E-state index in [1.807, 2.05) is 0 Å². The van der Waals surface area contributed by atoms with Gasteiger partial charge in [0, 0.05) is 9.34 Å². The van der Waals surface area contributed by atoms with Gasteiger partial charge in [-0.25, -0.2) is 0 Å².